The third kappa shape index (κ3) is 3.40. The van der Waals surface area contributed by atoms with E-state index < -0.39 is 0 Å². The number of hydrogen-bond donors (Lipinski definition) is 1. The van der Waals surface area contributed by atoms with Crippen LogP contribution in [0.25, 0.3) is 10.7 Å². The van der Waals surface area contributed by atoms with Gasteiger partial charge < -0.3 is 4.74 Å². The van der Waals surface area contributed by atoms with E-state index in [9.17, 15) is 0 Å². The van der Waals surface area contributed by atoms with Crippen molar-refractivity contribution in [3.05, 3.63) is 52.1 Å². The molecule has 1 fully saturated rings. The zero-order valence-corrected chi connectivity index (χ0v) is 15.6. The number of hydrogen-bond acceptors (Lipinski definition) is 5. The van der Waals surface area contributed by atoms with Crippen molar-refractivity contribution in [2.45, 2.75) is 25.6 Å². The minimum absolute atomic E-state index is 0.404. The van der Waals surface area contributed by atoms with Crippen LogP contribution in [0.4, 0.5) is 0 Å². The average molecular weight is 373 g/mol. The molecule has 1 aliphatic heterocycles. The maximum absolute atomic E-state index is 5.45. The number of H-pyrrole nitrogens is 1. The van der Waals surface area contributed by atoms with Crippen LogP contribution in [0.5, 0.6) is 5.75 Å². The number of aromatic amines is 1. The highest BCUT2D eigenvalue weighted by molar-refractivity contribution is 7.71. The van der Waals surface area contributed by atoms with Crippen molar-refractivity contribution < 1.29 is 4.74 Å². The summed E-state index contributed by atoms with van der Waals surface area (Å²) >= 11 is 7.11. The minimum Gasteiger partial charge on any atom is -0.497 e. The molecule has 1 saturated heterocycles. The number of nitrogens with one attached hydrogen (secondary N) is 1. The normalized spacial score (nSPS) is 17.9. The smallest absolute Gasteiger partial charge is 0.217 e. The largest absolute Gasteiger partial charge is 0.497 e. The summed E-state index contributed by atoms with van der Waals surface area (Å²) in [7, 11) is 1.70. The molecule has 130 valence electrons. The fraction of sp³-hybridized carbons (Fsp3) is 0.333. The monoisotopic (exact) mass is 372 g/mol. The highest BCUT2D eigenvalue weighted by Crippen LogP contribution is 2.33. The van der Waals surface area contributed by atoms with Crippen LogP contribution in [0.2, 0.25) is 0 Å². The summed E-state index contributed by atoms with van der Waals surface area (Å²) in [6, 6.07) is 12.9. The Morgan fingerprint density at radius 3 is 2.88 bits per heavy atom. The number of ether oxygens (including phenoxy) is 1. The van der Waals surface area contributed by atoms with E-state index in [-0.39, 0.29) is 0 Å². The predicted octanol–water partition coefficient (Wildman–Crippen LogP) is 4.47. The lowest BCUT2D eigenvalue weighted by Crippen LogP contribution is -2.26. The minimum atomic E-state index is 0.404. The van der Waals surface area contributed by atoms with E-state index in [1.807, 2.05) is 28.3 Å². The van der Waals surface area contributed by atoms with E-state index in [0.717, 1.165) is 36.1 Å². The first-order chi connectivity index (χ1) is 12.2. The molecule has 3 heterocycles. The van der Waals surface area contributed by atoms with Gasteiger partial charge in [0.05, 0.1) is 18.7 Å². The fourth-order valence-corrected chi connectivity index (χ4v) is 4.22. The van der Waals surface area contributed by atoms with Crippen molar-refractivity contribution in [2.75, 3.05) is 13.7 Å². The van der Waals surface area contributed by atoms with Crippen molar-refractivity contribution >= 4 is 23.6 Å². The second-order valence-corrected chi connectivity index (χ2v) is 7.46. The number of likely N-dealkylation sites (tertiary alicyclic amines) is 1. The van der Waals surface area contributed by atoms with Gasteiger partial charge in [-0.1, -0.05) is 18.2 Å². The molecule has 5 nitrogen and oxygen atoms in total. The number of methoxy groups -OCH3 is 1. The quantitative estimate of drug-likeness (QED) is 0.671. The fourth-order valence-electron chi connectivity index (χ4n) is 3.36. The van der Waals surface area contributed by atoms with E-state index in [2.05, 4.69) is 33.2 Å². The van der Waals surface area contributed by atoms with E-state index in [4.69, 9.17) is 17.0 Å². The van der Waals surface area contributed by atoms with Crippen LogP contribution >= 0.6 is 23.6 Å². The Bertz CT molecular complexity index is 883. The first kappa shape index (κ1) is 16.5. The molecule has 25 heavy (non-hydrogen) atoms. The van der Waals surface area contributed by atoms with Gasteiger partial charge >= 0.3 is 0 Å². The Kier molecular flexibility index (Phi) is 4.70. The lowest BCUT2D eigenvalue weighted by molar-refractivity contribution is 0.190. The summed E-state index contributed by atoms with van der Waals surface area (Å²) in [5.41, 5.74) is 1.32. The Balaban J connectivity index is 1.54. The Labute approximate surface area is 155 Å². The van der Waals surface area contributed by atoms with E-state index in [1.165, 1.54) is 12.0 Å². The summed E-state index contributed by atoms with van der Waals surface area (Å²) in [5.74, 6) is 1.74. The van der Waals surface area contributed by atoms with Crippen LogP contribution in [0.1, 0.15) is 24.4 Å². The van der Waals surface area contributed by atoms with E-state index in [1.54, 1.807) is 18.4 Å². The van der Waals surface area contributed by atoms with Gasteiger partial charge in [-0.25, -0.2) is 4.68 Å². The van der Waals surface area contributed by atoms with Crippen LogP contribution in [-0.4, -0.2) is 33.3 Å². The van der Waals surface area contributed by atoms with Crippen molar-refractivity contribution in [3.63, 3.8) is 0 Å². The average Bonchev–Trinajstić information content (AvgIpc) is 3.37. The zero-order valence-electron chi connectivity index (χ0n) is 14.0. The Morgan fingerprint density at radius 1 is 1.32 bits per heavy atom. The molecule has 0 spiro atoms. The molecule has 4 rings (SSSR count). The van der Waals surface area contributed by atoms with Crippen LogP contribution in [0, 0.1) is 4.77 Å². The van der Waals surface area contributed by atoms with Crippen molar-refractivity contribution in [1.29, 1.82) is 0 Å². The van der Waals surface area contributed by atoms with Gasteiger partial charge in [-0.15, -0.1) is 11.3 Å². The third-order valence-electron chi connectivity index (χ3n) is 4.62. The van der Waals surface area contributed by atoms with Gasteiger partial charge in [-0.3, -0.25) is 10.00 Å². The molecule has 1 atom stereocenters. The second-order valence-electron chi connectivity index (χ2n) is 6.15. The molecule has 7 heteroatoms. The van der Waals surface area contributed by atoms with Gasteiger partial charge in [0.1, 0.15) is 5.75 Å². The summed E-state index contributed by atoms with van der Waals surface area (Å²) in [5, 5.41) is 5.40. The van der Waals surface area contributed by atoms with Gasteiger partial charge in [0.25, 0.3) is 0 Å². The molecule has 0 radical (unpaired) electrons. The van der Waals surface area contributed by atoms with Crippen molar-refractivity contribution in [1.82, 2.24) is 19.7 Å². The zero-order chi connectivity index (χ0) is 17.2. The van der Waals surface area contributed by atoms with Gasteiger partial charge in [0.2, 0.25) is 4.77 Å². The Morgan fingerprint density at radius 2 is 2.16 bits per heavy atom. The molecule has 0 aliphatic carbocycles. The SMILES string of the molecule is COc1ccc([C@H]2CCCN2Cn2[nH]c(-c3cccs3)nc2=S)cc1. The molecule has 3 aromatic rings. The molecule has 1 aliphatic rings. The van der Waals surface area contributed by atoms with Crippen LogP contribution in [-0.2, 0) is 6.67 Å². The van der Waals surface area contributed by atoms with E-state index >= 15 is 0 Å². The molecule has 1 N–H and O–H groups in total. The summed E-state index contributed by atoms with van der Waals surface area (Å²) < 4.78 is 7.83. The summed E-state index contributed by atoms with van der Waals surface area (Å²) in [4.78, 5) is 8.07. The highest BCUT2D eigenvalue weighted by atomic mass is 32.1. The standard InChI is InChI=1S/C18H20N4OS2/c1-23-14-8-6-13(7-9-14)15-4-2-10-21(15)12-22-18(24)19-17(20-22)16-5-3-11-25-16/h3,5-9,11,15H,2,4,10,12H2,1H3,(H,19,20,24)/t15-/m1/s1. The molecule has 0 unspecified atom stereocenters. The molecule has 0 amide bonds. The molecule has 2 aromatic heterocycles. The first-order valence-electron chi connectivity index (χ1n) is 8.33. The summed E-state index contributed by atoms with van der Waals surface area (Å²) in [6.45, 7) is 1.79. The topological polar surface area (TPSA) is 46.1 Å². The van der Waals surface area contributed by atoms with Gasteiger partial charge in [0.15, 0.2) is 5.82 Å². The highest BCUT2D eigenvalue weighted by Gasteiger charge is 2.26. The number of nitrogens with zero attached hydrogens (tertiary/aromatic N) is 3. The number of benzene rings is 1. The maximum atomic E-state index is 5.45. The van der Waals surface area contributed by atoms with Crippen LogP contribution in [0.3, 0.4) is 0 Å². The summed E-state index contributed by atoms with van der Waals surface area (Å²) in [6.07, 6.45) is 2.35. The lowest BCUT2D eigenvalue weighted by Gasteiger charge is -2.25. The predicted molar refractivity (Wildman–Crippen MR) is 102 cm³/mol. The van der Waals surface area contributed by atoms with Crippen molar-refractivity contribution in [2.24, 2.45) is 0 Å². The second kappa shape index (κ2) is 7.11. The molecular weight excluding hydrogens is 352 g/mol. The first-order valence-corrected chi connectivity index (χ1v) is 9.62. The molecule has 1 aromatic carbocycles. The van der Waals surface area contributed by atoms with Crippen LogP contribution < -0.4 is 4.74 Å². The third-order valence-corrected chi connectivity index (χ3v) is 5.81. The maximum Gasteiger partial charge on any atom is 0.217 e. The van der Waals surface area contributed by atoms with E-state index in [0.29, 0.717) is 10.8 Å². The van der Waals surface area contributed by atoms with Gasteiger partial charge in [0, 0.05) is 12.6 Å². The molecule has 0 saturated carbocycles. The number of rotatable bonds is 5. The van der Waals surface area contributed by atoms with Crippen molar-refractivity contribution in [3.8, 4) is 16.5 Å². The lowest BCUT2D eigenvalue weighted by atomic mass is 10.0. The number of thiophene rings is 1. The van der Waals surface area contributed by atoms with Gasteiger partial charge in [-0.2, -0.15) is 4.98 Å². The van der Waals surface area contributed by atoms with Crippen LogP contribution in [0.15, 0.2) is 41.8 Å². The van der Waals surface area contributed by atoms with Gasteiger partial charge in [-0.05, 0) is 54.2 Å². The molecule has 0 bridgehead atoms. The number of aromatic nitrogens is 3. The Hall–Kier alpha value is -1.96. The molecular formula is C18H20N4OS2.